The molecule has 3 rings (SSSR count). The Morgan fingerprint density at radius 3 is 2.30 bits per heavy atom. The van der Waals surface area contributed by atoms with Gasteiger partial charge in [0, 0.05) is 10.0 Å². The van der Waals surface area contributed by atoms with E-state index in [2.05, 4.69) is 28.6 Å². The van der Waals surface area contributed by atoms with Crippen molar-refractivity contribution in [3.63, 3.8) is 0 Å². The predicted octanol–water partition coefficient (Wildman–Crippen LogP) is 5.03. The van der Waals surface area contributed by atoms with Crippen molar-refractivity contribution in [3.8, 4) is 0 Å². The molecule has 1 aliphatic heterocycles. The van der Waals surface area contributed by atoms with E-state index < -0.39 is 0 Å². The van der Waals surface area contributed by atoms with E-state index in [1.165, 1.54) is 0 Å². The molecule has 1 aliphatic rings. The van der Waals surface area contributed by atoms with E-state index >= 15 is 0 Å². The van der Waals surface area contributed by atoms with Crippen molar-refractivity contribution in [2.75, 3.05) is 0 Å². The van der Waals surface area contributed by atoms with Gasteiger partial charge in [0.2, 0.25) is 0 Å². The molecule has 100 valence electrons. The fourth-order valence-electron chi connectivity index (χ4n) is 2.11. The van der Waals surface area contributed by atoms with E-state index in [1.54, 1.807) is 12.5 Å². The lowest BCUT2D eigenvalue weighted by Crippen LogP contribution is -1.98. The fourth-order valence-corrected chi connectivity index (χ4v) is 2.51. The maximum Gasteiger partial charge on any atom is 0.266 e. The van der Waals surface area contributed by atoms with E-state index in [1.807, 2.05) is 42.5 Å². The van der Waals surface area contributed by atoms with Gasteiger partial charge in [-0.15, -0.1) is 0 Å². The Morgan fingerprint density at radius 1 is 0.950 bits per heavy atom. The first-order valence-electron chi connectivity index (χ1n) is 6.25. The van der Waals surface area contributed by atoms with E-state index in [-0.39, 0.29) is 6.29 Å². The van der Waals surface area contributed by atoms with Crippen LogP contribution in [0.5, 0.6) is 0 Å². The minimum atomic E-state index is -0.356. The van der Waals surface area contributed by atoms with Crippen molar-refractivity contribution in [2.24, 2.45) is 0 Å². The molecule has 0 radical (unpaired) electrons. The highest BCUT2D eigenvalue weighted by Gasteiger charge is 2.16. The number of rotatable bonds is 3. The van der Waals surface area contributed by atoms with Crippen LogP contribution in [0.2, 0.25) is 0 Å². The number of hydrogen-bond donors (Lipinski definition) is 0. The van der Waals surface area contributed by atoms with Gasteiger partial charge in [-0.3, -0.25) is 0 Å². The monoisotopic (exact) mass is 328 g/mol. The molecule has 0 bridgehead atoms. The van der Waals surface area contributed by atoms with Crippen molar-refractivity contribution in [2.45, 2.75) is 6.29 Å². The first kappa shape index (κ1) is 13.0. The van der Waals surface area contributed by atoms with Crippen LogP contribution in [-0.4, -0.2) is 0 Å². The zero-order chi connectivity index (χ0) is 13.9. The number of hydrogen-bond acceptors (Lipinski definition) is 2. The minimum absolute atomic E-state index is 0.356. The molecule has 0 N–H and O–H groups in total. The molecule has 1 heterocycles. The molecule has 3 heteroatoms. The topological polar surface area (TPSA) is 18.5 Å². The molecule has 0 atom stereocenters. The molecule has 0 saturated carbocycles. The fraction of sp³-hybridized carbons (Fsp3) is 0.0588. The highest BCUT2D eigenvalue weighted by Crippen LogP contribution is 2.29. The molecule has 0 aromatic heterocycles. The lowest BCUT2D eigenvalue weighted by atomic mass is 9.98. The molecule has 2 nitrogen and oxygen atoms in total. The zero-order valence-corrected chi connectivity index (χ0v) is 12.3. The maximum atomic E-state index is 5.36. The van der Waals surface area contributed by atoms with Gasteiger partial charge in [-0.25, -0.2) is 0 Å². The predicted molar refractivity (Wildman–Crippen MR) is 82.8 cm³/mol. The summed E-state index contributed by atoms with van der Waals surface area (Å²) < 4.78 is 11.8. The Labute approximate surface area is 126 Å². The lowest BCUT2D eigenvalue weighted by molar-refractivity contribution is -0.0246. The van der Waals surface area contributed by atoms with Crippen LogP contribution in [0.25, 0.3) is 5.57 Å². The van der Waals surface area contributed by atoms with E-state index in [4.69, 9.17) is 9.47 Å². The van der Waals surface area contributed by atoms with Crippen LogP contribution >= 0.6 is 15.9 Å². The molecule has 0 amide bonds. The van der Waals surface area contributed by atoms with Crippen molar-refractivity contribution in [1.82, 2.24) is 0 Å². The Morgan fingerprint density at radius 2 is 1.60 bits per heavy atom. The highest BCUT2D eigenvalue weighted by molar-refractivity contribution is 9.10. The van der Waals surface area contributed by atoms with Crippen LogP contribution in [0, 0.1) is 0 Å². The van der Waals surface area contributed by atoms with Gasteiger partial charge < -0.3 is 9.47 Å². The minimum Gasteiger partial charge on any atom is -0.455 e. The van der Waals surface area contributed by atoms with E-state index in [0.29, 0.717) is 0 Å². The molecule has 0 fully saturated rings. The summed E-state index contributed by atoms with van der Waals surface area (Å²) in [5.41, 5.74) is 4.09. The largest absolute Gasteiger partial charge is 0.455 e. The zero-order valence-electron chi connectivity index (χ0n) is 10.8. The van der Waals surface area contributed by atoms with Crippen LogP contribution in [0.15, 0.2) is 72.1 Å². The molecule has 2 aromatic rings. The average molecular weight is 329 g/mol. The number of ether oxygens (including phenoxy) is 2. The highest BCUT2D eigenvalue weighted by atomic mass is 79.9. The summed E-state index contributed by atoms with van der Waals surface area (Å²) in [5, 5.41) is 0. The van der Waals surface area contributed by atoms with Crippen molar-refractivity contribution in [3.05, 3.63) is 88.8 Å². The Bertz CT molecular complexity index is 668. The summed E-state index contributed by atoms with van der Waals surface area (Å²) in [6, 6.07) is 16.1. The summed E-state index contributed by atoms with van der Waals surface area (Å²) in [7, 11) is 0. The third-order valence-electron chi connectivity index (χ3n) is 3.14. The second-order valence-corrected chi connectivity index (χ2v) is 5.41. The third kappa shape index (κ3) is 2.63. The normalized spacial score (nSPS) is 13.8. The van der Waals surface area contributed by atoms with Gasteiger partial charge in [-0.1, -0.05) is 52.8 Å². The molecule has 0 aliphatic carbocycles. The van der Waals surface area contributed by atoms with Gasteiger partial charge in [-0.05, 0) is 34.9 Å². The molecular weight excluding hydrogens is 316 g/mol. The first-order chi connectivity index (χ1) is 9.74. The smallest absolute Gasteiger partial charge is 0.266 e. The van der Waals surface area contributed by atoms with Crippen LogP contribution in [0.3, 0.4) is 0 Å². The Balaban J connectivity index is 1.90. The molecule has 20 heavy (non-hydrogen) atoms. The van der Waals surface area contributed by atoms with Crippen LogP contribution in [-0.2, 0) is 9.47 Å². The first-order valence-corrected chi connectivity index (χ1v) is 7.04. The lowest BCUT2D eigenvalue weighted by Gasteiger charge is -2.13. The Hall–Kier alpha value is -2.00. The van der Waals surface area contributed by atoms with Crippen molar-refractivity contribution in [1.29, 1.82) is 0 Å². The second kappa shape index (κ2) is 5.55. The summed E-state index contributed by atoms with van der Waals surface area (Å²) in [5.74, 6) is 0. The molecular formula is C17H13BrO2. The van der Waals surface area contributed by atoms with Crippen molar-refractivity contribution < 1.29 is 9.47 Å². The van der Waals surface area contributed by atoms with Crippen molar-refractivity contribution >= 4 is 21.5 Å². The molecule has 0 unspecified atom stereocenters. The second-order valence-electron chi connectivity index (χ2n) is 4.49. The van der Waals surface area contributed by atoms with Gasteiger partial charge in [0.15, 0.2) is 0 Å². The Kier molecular flexibility index (Phi) is 3.61. The van der Waals surface area contributed by atoms with Gasteiger partial charge in [0.1, 0.15) is 12.5 Å². The summed E-state index contributed by atoms with van der Waals surface area (Å²) in [6.45, 7) is 4.19. The average Bonchev–Trinajstić information content (AvgIpc) is 3.01. The van der Waals surface area contributed by atoms with Gasteiger partial charge in [-0.2, -0.15) is 0 Å². The van der Waals surface area contributed by atoms with Crippen LogP contribution in [0.4, 0.5) is 0 Å². The quantitative estimate of drug-likeness (QED) is 0.786. The molecule has 0 saturated heterocycles. The third-order valence-corrected chi connectivity index (χ3v) is 3.63. The van der Waals surface area contributed by atoms with E-state index in [0.717, 1.165) is 26.7 Å². The maximum absolute atomic E-state index is 5.36. The van der Waals surface area contributed by atoms with Gasteiger partial charge in [0.05, 0.1) is 0 Å². The van der Waals surface area contributed by atoms with Crippen LogP contribution < -0.4 is 0 Å². The van der Waals surface area contributed by atoms with Gasteiger partial charge >= 0.3 is 0 Å². The SMILES string of the molecule is C=C(c1cccc(Br)c1)c1cccc(C2OC=CO2)c1. The standard InChI is InChI=1S/C17H13BrO2/c1-12(14-5-3-7-16(18)11-14)13-4-2-6-15(10-13)17-19-8-9-20-17/h2-11,17H,1H2. The summed E-state index contributed by atoms with van der Waals surface area (Å²) >= 11 is 3.48. The summed E-state index contributed by atoms with van der Waals surface area (Å²) in [6.07, 6.45) is 2.76. The van der Waals surface area contributed by atoms with Crippen LogP contribution in [0.1, 0.15) is 23.0 Å². The molecule has 0 spiro atoms. The van der Waals surface area contributed by atoms with Gasteiger partial charge in [0.25, 0.3) is 6.29 Å². The number of benzene rings is 2. The molecule has 2 aromatic carbocycles. The number of halogens is 1. The van der Waals surface area contributed by atoms with E-state index in [9.17, 15) is 0 Å². The summed E-state index contributed by atoms with van der Waals surface area (Å²) in [4.78, 5) is 0.